The molecule has 1 aromatic rings. The van der Waals surface area contributed by atoms with Crippen LogP contribution < -0.4 is 5.32 Å². The average molecular weight is 180 g/mol. The number of carbonyl (C=O) groups is 1. The minimum Gasteiger partial charge on any atom is -0.310 e. The molecule has 0 aliphatic heterocycles. The molecule has 1 amide bonds. The van der Waals surface area contributed by atoms with E-state index < -0.39 is 12.1 Å². The van der Waals surface area contributed by atoms with Gasteiger partial charge in [-0.15, -0.1) is 0 Å². The maximum Gasteiger partial charge on any atom is 0.231 e. The molecule has 1 heterocycles. The zero-order valence-corrected chi connectivity index (χ0v) is 6.90. The standard InChI is InChI=1S/C9H9FN2O/c10-7-5-6(7)9(13)12-8-3-1-2-4-11-8/h1-4,6-7H,5H2,(H,11,12,13). The summed E-state index contributed by atoms with van der Waals surface area (Å²) in [5.74, 6) is -0.250. The van der Waals surface area contributed by atoms with Crippen LogP contribution in [0.5, 0.6) is 0 Å². The van der Waals surface area contributed by atoms with Gasteiger partial charge in [-0.3, -0.25) is 4.79 Å². The third-order valence-electron chi connectivity index (χ3n) is 1.97. The van der Waals surface area contributed by atoms with Crippen LogP contribution in [0.15, 0.2) is 24.4 Å². The summed E-state index contributed by atoms with van der Waals surface area (Å²) in [6.07, 6.45) is 0.970. The number of carbonyl (C=O) groups excluding carboxylic acids is 1. The first-order chi connectivity index (χ1) is 6.27. The minimum atomic E-state index is -0.955. The second kappa shape index (κ2) is 3.12. The van der Waals surface area contributed by atoms with Gasteiger partial charge in [-0.25, -0.2) is 9.37 Å². The lowest BCUT2D eigenvalue weighted by molar-refractivity contribution is -0.117. The third kappa shape index (κ3) is 1.83. The highest BCUT2D eigenvalue weighted by Crippen LogP contribution is 2.34. The molecule has 1 N–H and O–H groups in total. The third-order valence-corrected chi connectivity index (χ3v) is 1.97. The van der Waals surface area contributed by atoms with Crippen molar-refractivity contribution in [1.82, 2.24) is 4.98 Å². The number of amides is 1. The minimum absolute atomic E-state index is 0.272. The SMILES string of the molecule is O=C(Nc1ccccn1)C1CC1F. The fourth-order valence-corrected chi connectivity index (χ4v) is 1.09. The van der Waals surface area contributed by atoms with Crippen molar-refractivity contribution >= 4 is 11.7 Å². The summed E-state index contributed by atoms with van der Waals surface area (Å²) in [6.45, 7) is 0. The molecule has 0 aromatic carbocycles. The van der Waals surface area contributed by atoms with Gasteiger partial charge in [0.1, 0.15) is 12.0 Å². The molecule has 0 bridgehead atoms. The number of halogens is 1. The van der Waals surface area contributed by atoms with E-state index in [4.69, 9.17) is 0 Å². The number of aromatic nitrogens is 1. The molecule has 0 spiro atoms. The fourth-order valence-electron chi connectivity index (χ4n) is 1.09. The van der Waals surface area contributed by atoms with Crippen molar-refractivity contribution in [3.05, 3.63) is 24.4 Å². The number of hydrogen-bond donors (Lipinski definition) is 1. The molecule has 1 aliphatic rings. The highest BCUT2D eigenvalue weighted by molar-refractivity contribution is 5.93. The van der Waals surface area contributed by atoms with Crippen molar-refractivity contribution in [2.24, 2.45) is 5.92 Å². The molecule has 0 radical (unpaired) electrons. The summed E-state index contributed by atoms with van der Waals surface area (Å²) in [7, 11) is 0. The van der Waals surface area contributed by atoms with Gasteiger partial charge in [0.15, 0.2) is 0 Å². The maximum atomic E-state index is 12.4. The number of anilines is 1. The molecule has 2 rings (SSSR count). The van der Waals surface area contributed by atoms with Crippen molar-refractivity contribution in [1.29, 1.82) is 0 Å². The molecule has 68 valence electrons. The second-order valence-corrected chi connectivity index (χ2v) is 3.06. The van der Waals surface area contributed by atoms with Crippen LogP contribution in [0.25, 0.3) is 0 Å². The van der Waals surface area contributed by atoms with Crippen molar-refractivity contribution in [2.75, 3.05) is 5.32 Å². The quantitative estimate of drug-likeness (QED) is 0.747. The van der Waals surface area contributed by atoms with Gasteiger partial charge in [-0.05, 0) is 18.6 Å². The zero-order chi connectivity index (χ0) is 9.26. The molecule has 3 nitrogen and oxygen atoms in total. The Morgan fingerprint density at radius 1 is 1.62 bits per heavy atom. The molecule has 1 saturated carbocycles. The van der Waals surface area contributed by atoms with Crippen molar-refractivity contribution in [2.45, 2.75) is 12.6 Å². The Balaban J connectivity index is 1.95. The van der Waals surface area contributed by atoms with Crippen LogP contribution in [0.3, 0.4) is 0 Å². The molecular formula is C9H9FN2O. The lowest BCUT2D eigenvalue weighted by Gasteiger charge is -2.00. The van der Waals surface area contributed by atoms with Gasteiger partial charge in [-0.2, -0.15) is 0 Å². The predicted molar refractivity (Wildman–Crippen MR) is 45.9 cm³/mol. The van der Waals surface area contributed by atoms with Gasteiger partial charge in [0.05, 0.1) is 5.92 Å². The van der Waals surface area contributed by atoms with Crippen molar-refractivity contribution < 1.29 is 9.18 Å². The van der Waals surface area contributed by atoms with E-state index in [2.05, 4.69) is 10.3 Å². The fraction of sp³-hybridized carbons (Fsp3) is 0.333. The van der Waals surface area contributed by atoms with Gasteiger partial charge in [0.2, 0.25) is 5.91 Å². The number of hydrogen-bond acceptors (Lipinski definition) is 2. The molecule has 0 saturated heterocycles. The predicted octanol–water partition coefficient (Wildman–Crippen LogP) is 1.38. The highest BCUT2D eigenvalue weighted by atomic mass is 19.1. The lowest BCUT2D eigenvalue weighted by Crippen LogP contribution is -2.15. The summed E-state index contributed by atoms with van der Waals surface area (Å²) in [5.41, 5.74) is 0. The number of nitrogens with zero attached hydrogens (tertiary/aromatic N) is 1. The Hall–Kier alpha value is -1.45. The lowest BCUT2D eigenvalue weighted by atomic mass is 10.4. The summed E-state index contributed by atoms with van der Waals surface area (Å²) >= 11 is 0. The summed E-state index contributed by atoms with van der Waals surface area (Å²) in [5, 5.41) is 2.54. The summed E-state index contributed by atoms with van der Waals surface area (Å²) in [4.78, 5) is 15.1. The van der Waals surface area contributed by atoms with Gasteiger partial charge < -0.3 is 5.32 Å². The van der Waals surface area contributed by atoms with E-state index in [-0.39, 0.29) is 5.91 Å². The number of rotatable bonds is 2. The van der Waals surface area contributed by atoms with Crippen molar-refractivity contribution in [3.8, 4) is 0 Å². The molecule has 4 heteroatoms. The van der Waals surface area contributed by atoms with Gasteiger partial charge in [-0.1, -0.05) is 6.07 Å². The van der Waals surface area contributed by atoms with E-state index in [1.165, 1.54) is 0 Å². The zero-order valence-electron chi connectivity index (χ0n) is 6.90. The molecule has 13 heavy (non-hydrogen) atoms. The van der Waals surface area contributed by atoms with Gasteiger partial charge in [0, 0.05) is 6.20 Å². The van der Waals surface area contributed by atoms with Crippen LogP contribution in [0, 0.1) is 5.92 Å². The first-order valence-electron chi connectivity index (χ1n) is 4.13. The Morgan fingerprint density at radius 3 is 2.92 bits per heavy atom. The normalized spacial score (nSPS) is 25.3. The maximum absolute atomic E-state index is 12.4. The van der Waals surface area contributed by atoms with Crippen LogP contribution in [0.2, 0.25) is 0 Å². The number of alkyl halides is 1. The Kier molecular flexibility index (Phi) is 1.96. The molecule has 2 atom stereocenters. The number of pyridine rings is 1. The molecule has 1 aliphatic carbocycles. The average Bonchev–Trinajstić information content (AvgIpc) is 2.84. The van der Waals surface area contributed by atoms with Crippen LogP contribution >= 0.6 is 0 Å². The van der Waals surface area contributed by atoms with E-state index in [1.807, 2.05) is 0 Å². The summed E-state index contributed by atoms with van der Waals surface area (Å²) < 4.78 is 12.4. The highest BCUT2D eigenvalue weighted by Gasteiger charge is 2.43. The van der Waals surface area contributed by atoms with E-state index in [0.717, 1.165) is 0 Å². The van der Waals surface area contributed by atoms with E-state index in [0.29, 0.717) is 12.2 Å². The Labute approximate surface area is 75.0 Å². The number of nitrogens with one attached hydrogen (secondary N) is 1. The molecular weight excluding hydrogens is 171 g/mol. The van der Waals surface area contributed by atoms with Gasteiger partial charge >= 0.3 is 0 Å². The Bertz CT molecular complexity index is 315. The van der Waals surface area contributed by atoms with E-state index >= 15 is 0 Å². The van der Waals surface area contributed by atoms with Crippen LogP contribution in [-0.4, -0.2) is 17.1 Å². The first kappa shape index (κ1) is 8.16. The largest absolute Gasteiger partial charge is 0.310 e. The Morgan fingerprint density at radius 2 is 2.38 bits per heavy atom. The smallest absolute Gasteiger partial charge is 0.231 e. The molecule has 1 aromatic heterocycles. The molecule has 1 fully saturated rings. The van der Waals surface area contributed by atoms with Crippen LogP contribution in [0.4, 0.5) is 10.2 Å². The molecule has 2 unspecified atom stereocenters. The topological polar surface area (TPSA) is 42.0 Å². The second-order valence-electron chi connectivity index (χ2n) is 3.06. The van der Waals surface area contributed by atoms with E-state index in [9.17, 15) is 9.18 Å². The van der Waals surface area contributed by atoms with Gasteiger partial charge in [0.25, 0.3) is 0 Å². The van der Waals surface area contributed by atoms with Crippen LogP contribution in [-0.2, 0) is 4.79 Å². The summed E-state index contributed by atoms with van der Waals surface area (Å²) in [6, 6.07) is 5.20. The van der Waals surface area contributed by atoms with Crippen LogP contribution in [0.1, 0.15) is 6.42 Å². The van der Waals surface area contributed by atoms with E-state index in [1.54, 1.807) is 24.4 Å². The first-order valence-corrected chi connectivity index (χ1v) is 4.13. The monoisotopic (exact) mass is 180 g/mol. The van der Waals surface area contributed by atoms with Crippen molar-refractivity contribution in [3.63, 3.8) is 0 Å².